The fourth-order valence-electron chi connectivity index (χ4n) is 2.73. The molecule has 0 aliphatic rings. The van der Waals surface area contributed by atoms with Gasteiger partial charge in [-0.05, 0) is 40.2 Å². The maximum absolute atomic E-state index is 4.21. The molecule has 0 spiro atoms. The number of nitrogens with zero attached hydrogens (tertiary/aromatic N) is 2. The van der Waals surface area contributed by atoms with Crippen molar-refractivity contribution in [3.63, 3.8) is 0 Å². The van der Waals surface area contributed by atoms with Crippen LogP contribution in [-0.4, -0.2) is 9.55 Å². The summed E-state index contributed by atoms with van der Waals surface area (Å²) in [5.41, 5.74) is 3.54. The lowest BCUT2D eigenvalue weighted by atomic mass is 10.2. The van der Waals surface area contributed by atoms with Gasteiger partial charge >= 0.3 is 0 Å². The third-order valence-corrected chi connectivity index (χ3v) is 3.98. The van der Waals surface area contributed by atoms with Crippen LogP contribution in [0.4, 0.5) is 0 Å². The highest BCUT2D eigenvalue weighted by Gasteiger charge is 2.11. The molecule has 0 atom stereocenters. The number of halogens is 1. The van der Waals surface area contributed by atoms with Gasteiger partial charge in [0.2, 0.25) is 0 Å². The van der Waals surface area contributed by atoms with E-state index in [4.69, 9.17) is 0 Å². The number of benzene rings is 2. The van der Waals surface area contributed by atoms with Crippen molar-refractivity contribution in [1.29, 1.82) is 0 Å². The van der Waals surface area contributed by atoms with Crippen molar-refractivity contribution in [2.75, 3.05) is 0 Å². The number of rotatable bonds is 1. The second-order valence-electron chi connectivity index (χ2n) is 4.71. The Labute approximate surface area is 124 Å². The highest BCUT2D eigenvalue weighted by atomic mass is 79.9. The molecule has 0 bridgehead atoms. The van der Waals surface area contributed by atoms with Gasteiger partial charge in [0.1, 0.15) is 4.60 Å². The van der Waals surface area contributed by atoms with E-state index in [0.717, 1.165) is 10.3 Å². The third-order valence-electron chi connectivity index (χ3n) is 3.55. The van der Waals surface area contributed by atoms with E-state index in [2.05, 4.69) is 74.0 Å². The van der Waals surface area contributed by atoms with Gasteiger partial charge < -0.3 is 4.57 Å². The highest BCUT2D eigenvalue weighted by Crippen LogP contribution is 2.31. The van der Waals surface area contributed by atoms with E-state index in [1.54, 1.807) is 0 Å². The van der Waals surface area contributed by atoms with Gasteiger partial charge in [-0.3, -0.25) is 0 Å². The summed E-state index contributed by atoms with van der Waals surface area (Å²) < 4.78 is 3.12. The largest absolute Gasteiger partial charge is 0.309 e. The first-order chi connectivity index (χ1) is 9.84. The van der Waals surface area contributed by atoms with Crippen molar-refractivity contribution in [2.45, 2.75) is 0 Å². The molecular weight excluding hydrogens is 312 g/mol. The molecule has 20 heavy (non-hydrogen) atoms. The molecule has 4 rings (SSSR count). The lowest BCUT2D eigenvalue weighted by Crippen LogP contribution is -1.94. The Hall–Kier alpha value is -2.13. The summed E-state index contributed by atoms with van der Waals surface area (Å²) in [6, 6.07) is 21.1. The van der Waals surface area contributed by atoms with E-state index < -0.39 is 0 Å². The van der Waals surface area contributed by atoms with Gasteiger partial charge in [0.05, 0.1) is 16.7 Å². The third kappa shape index (κ3) is 1.67. The molecule has 0 saturated carbocycles. The van der Waals surface area contributed by atoms with Crippen LogP contribution < -0.4 is 0 Å². The first-order valence-corrected chi connectivity index (χ1v) is 7.24. The summed E-state index contributed by atoms with van der Waals surface area (Å²) in [6.07, 6.45) is 1.82. The van der Waals surface area contributed by atoms with Crippen molar-refractivity contribution in [2.24, 2.45) is 0 Å². The summed E-state index contributed by atoms with van der Waals surface area (Å²) in [7, 11) is 0. The Morgan fingerprint density at radius 2 is 1.40 bits per heavy atom. The Bertz CT molecular complexity index is 871. The lowest BCUT2D eigenvalue weighted by Gasteiger charge is -2.07. The minimum absolute atomic E-state index is 0.844. The molecule has 2 aromatic carbocycles. The summed E-state index contributed by atoms with van der Waals surface area (Å²) in [6.45, 7) is 0. The zero-order valence-corrected chi connectivity index (χ0v) is 12.2. The Kier molecular flexibility index (Phi) is 2.60. The predicted octanol–water partition coefficient (Wildman–Crippen LogP) is 4.94. The fourth-order valence-corrected chi connectivity index (χ4v) is 3.08. The molecule has 2 aromatic heterocycles. The minimum Gasteiger partial charge on any atom is -0.309 e. The molecule has 0 aliphatic heterocycles. The quantitative estimate of drug-likeness (QED) is 0.454. The predicted molar refractivity (Wildman–Crippen MR) is 86.3 cm³/mol. The number of para-hydroxylation sites is 2. The van der Waals surface area contributed by atoms with E-state index in [1.807, 2.05) is 18.3 Å². The van der Waals surface area contributed by atoms with E-state index in [1.165, 1.54) is 21.8 Å². The molecule has 4 aromatic rings. The minimum atomic E-state index is 0.844. The van der Waals surface area contributed by atoms with Crippen molar-refractivity contribution in [1.82, 2.24) is 9.55 Å². The average Bonchev–Trinajstić information content (AvgIpc) is 2.82. The molecule has 96 valence electrons. The van der Waals surface area contributed by atoms with Gasteiger partial charge in [-0.1, -0.05) is 36.4 Å². The van der Waals surface area contributed by atoms with Gasteiger partial charge in [0.15, 0.2) is 0 Å². The number of aromatic nitrogens is 2. The van der Waals surface area contributed by atoms with Crippen molar-refractivity contribution >= 4 is 37.7 Å². The fraction of sp³-hybridized carbons (Fsp3) is 0. The maximum atomic E-state index is 4.21. The zero-order valence-electron chi connectivity index (χ0n) is 10.6. The Balaban J connectivity index is 2.21. The van der Waals surface area contributed by atoms with Crippen LogP contribution in [0.1, 0.15) is 0 Å². The zero-order chi connectivity index (χ0) is 13.5. The van der Waals surface area contributed by atoms with Crippen LogP contribution in [0.2, 0.25) is 0 Å². The monoisotopic (exact) mass is 322 g/mol. The first kappa shape index (κ1) is 11.7. The molecule has 0 amide bonds. The number of hydrogen-bond donors (Lipinski definition) is 0. The van der Waals surface area contributed by atoms with Crippen molar-refractivity contribution in [3.8, 4) is 5.69 Å². The van der Waals surface area contributed by atoms with E-state index in [-0.39, 0.29) is 0 Å². The van der Waals surface area contributed by atoms with E-state index in [9.17, 15) is 0 Å². The highest BCUT2D eigenvalue weighted by molar-refractivity contribution is 9.10. The molecule has 0 unspecified atom stereocenters. The van der Waals surface area contributed by atoms with Gasteiger partial charge in [-0.15, -0.1) is 0 Å². The smallest absolute Gasteiger partial charge is 0.108 e. The molecular formula is C17H11BrN2. The SMILES string of the molecule is Brc1cc(-n2c3ccccc3c3ccccc32)ccn1. The van der Waals surface area contributed by atoms with Crippen LogP contribution >= 0.6 is 15.9 Å². The normalized spacial score (nSPS) is 11.2. The van der Waals surface area contributed by atoms with Gasteiger partial charge in [-0.25, -0.2) is 4.98 Å². The van der Waals surface area contributed by atoms with Gasteiger partial charge in [0, 0.05) is 17.0 Å². The number of hydrogen-bond acceptors (Lipinski definition) is 1. The lowest BCUT2D eigenvalue weighted by molar-refractivity contribution is 1.14. The van der Waals surface area contributed by atoms with Crippen molar-refractivity contribution in [3.05, 3.63) is 71.5 Å². The summed E-state index contributed by atoms with van der Waals surface area (Å²) in [4.78, 5) is 4.21. The second kappa shape index (κ2) is 4.46. The molecule has 0 aliphatic carbocycles. The molecule has 3 heteroatoms. The van der Waals surface area contributed by atoms with Gasteiger partial charge in [0.25, 0.3) is 0 Å². The summed E-state index contributed by atoms with van der Waals surface area (Å²) in [5.74, 6) is 0. The van der Waals surface area contributed by atoms with Crippen LogP contribution in [0.25, 0.3) is 27.5 Å². The molecule has 0 N–H and O–H groups in total. The topological polar surface area (TPSA) is 17.8 Å². The van der Waals surface area contributed by atoms with Crippen molar-refractivity contribution < 1.29 is 0 Å². The molecule has 0 saturated heterocycles. The molecule has 0 radical (unpaired) electrons. The second-order valence-corrected chi connectivity index (χ2v) is 5.52. The van der Waals surface area contributed by atoms with Crippen LogP contribution in [0.15, 0.2) is 71.5 Å². The van der Waals surface area contributed by atoms with Crippen LogP contribution in [0.3, 0.4) is 0 Å². The summed E-state index contributed by atoms with van der Waals surface area (Å²) >= 11 is 3.45. The Morgan fingerprint density at radius 3 is 2.00 bits per heavy atom. The van der Waals surface area contributed by atoms with Crippen LogP contribution in [0.5, 0.6) is 0 Å². The number of fused-ring (bicyclic) bond motifs is 3. The average molecular weight is 323 g/mol. The summed E-state index contributed by atoms with van der Waals surface area (Å²) in [5, 5.41) is 2.55. The first-order valence-electron chi connectivity index (χ1n) is 6.45. The molecule has 0 fully saturated rings. The van der Waals surface area contributed by atoms with Gasteiger partial charge in [-0.2, -0.15) is 0 Å². The number of pyridine rings is 1. The maximum Gasteiger partial charge on any atom is 0.108 e. The standard InChI is InChI=1S/C17H11BrN2/c18-17-11-12(9-10-19-17)20-15-7-3-1-5-13(15)14-6-2-4-8-16(14)20/h1-11H. The van der Waals surface area contributed by atoms with E-state index >= 15 is 0 Å². The van der Waals surface area contributed by atoms with Crippen LogP contribution in [-0.2, 0) is 0 Å². The molecule has 2 nitrogen and oxygen atoms in total. The Morgan fingerprint density at radius 1 is 0.800 bits per heavy atom. The molecule has 2 heterocycles. The van der Waals surface area contributed by atoms with E-state index in [0.29, 0.717) is 0 Å². The van der Waals surface area contributed by atoms with Crippen LogP contribution in [0, 0.1) is 0 Å².